The summed E-state index contributed by atoms with van der Waals surface area (Å²) < 4.78 is 10.5. The van der Waals surface area contributed by atoms with Crippen molar-refractivity contribution in [3.8, 4) is 5.75 Å². The highest BCUT2D eigenvalue weighted by molar-refractivity contribution is 6.32. The normalized spacial score (nSPS) is 11.0. The van der Waals surface area contributed by atoms with Gasteiger partial charge in [-0.25, -0.2) is 4.79 Å². The average molecular weight is 407 g/mol. The second-order valence-corrected chi connectivity index (χ2v) is 6.60. The molecular formula is C24H19ClO4. The van der Waals surface area contributed by atoms with E-state index < -0.39 is 5.97 Å². The van der Waals surface area contributed by atoms with E-state index in [1.54, 1.807) is 79.9 Å². The van der Waals surface area contributed by atoms with Crippen LogP contribution in [0.3, 0.4) is 0 Å². The molecule has 3 aromatic carbocycles. The molecule has 0 unspecified atom stereocenters. The predicted molar refractivity (Wildman–Crippen MR) is 113 cm³/mol. The third kappa shape index (κ3) is 5.33. The summed E-state index contributed by atoms with van der Waals surface area (Å²) in [6, 6.07) is 22.5. The summed E-state index contributed by atoms with van der Waals surface area (Å²) in [6.45, 7) is -0.177. The largest absolute Gasteiger partial charge is 0.497 e. The fraction of sp³-hybridized carbons (Fsp3) is 0.0833. The van der Waals surface area contributed by atoms with Gasteiger partial charge in [0.1, 0.15) is 12.4 Å². The molecule has 146 valence electrons. The summed E-state index contributed by atoms with van der Waals surface area (Å²) in [5.41, 5.74) is 1.86. The SMILES string of the molecule is COc1ccc(C(=O)/C(=C/c2ccccc2Cl)COC(=O)c2ccccc2)cc1. The quantitative estimate of drug-likeness (QED) is 0.296. The fourth-order valence-electron chi connectivity index (χ4n) is 2.68. The van der Waals surface area contributed by atoms with Crippen molar-refractivity contribution in [2.24, 2.45) is 0 Å². The molecule has 0 saturated heterocycles. The highest BCUT2D eigenvalue weighted by atomic mass is 35.5. The zero-order chi connectivity index (χ0) is 20.6. The van der Waals surface area contributed by atoms with Crippen LogP contribution in [0.5, 0.6) is 5.75 Å². The number of carbonyl (C=O) groups is 2. The van der Waals surface area contributed by atoms with Gasteiger partial charge in [0.05, 0.1) is 12.7 Å². The Bertz CT molecular complexity index is 1020. The van der Waals surface area contributed by atoms with E-state index in [9.17, 15) is 9.59 Å². The number of ether oxygens (including phenoxy) is 2. The van der Waals surface area contributed by atoms with Crippen LogP contribution < -0.4 is 4.74 Å². The second-order valence-electron chi connectivity index (χ2n) is 6.19. The molecule has 0 bridgehead atoms. The van der Waals surface area contributed by atoms with Crippen LogP contribution >= 0.6 is 11.6 Å². The van der Waals surface area contributed by atoms with E-state index in [4.69, 9.17) is 21.1 Å². The summed E-state index contributed by atoms with van der Waals surface area (Å²) >= 11 is 6.24. The lowest BCUT2D eigenvalue weighted by Gasteiger charge is -2.10. The molecule has 0 aromatic heterocycles. The first-order valence-electron chi connectivity index (χ1n) is 8.94. The molecule has 0 atom stereocenters. The molecule has 3 aromatic rings. The van der Waals surface area contributed by atoms with Gasteiger partial charge in [-0.05, 0) is 54.1 Å². The average Bonchev–Trinajstić information content (AvgIpc) is 2.77. The molecule has 0 aliphatic carbocycles. The number of rotatable bonds is 7. The number of benzene rings is 3. The lowest BCUT2D eigenvalue weighted by atomic mass is 10.0. The van der Waals surface area contributed by atoms with Gasteiger partial charge >= 0.3 is 5.97 Å². The van der Waals surface area contributed by atoms with Gasteiger partial charge in [0.25, 0.3) is 0 Å². The van der Waals surface area contributed by atoms with E-state index in [2.05, 4.69) is 0 Å². The molecule has 0 spiro atoms. The number of halogens is 1. The molecular weight excluding hydrogens is 388 g/mol. The zero-order valence-corrected chi connectivity index (χ0v) is 16.6. The van der Waals surface area contributed by atoms with E-state index in [1.807, 2.05) is 12.1 Å². The minimum Gasteiger partial charge on any atom is -0.497 e. The fourth-order valence-corrected chi connectivity index (χ4v) is 2.87. The van der Waals surface area contributed by atoms with Gasteiger partial charge in [-0.1, -0.05) is 48.0 Å². The Kier molecular flexibility index (Phi) is 6.82. The number of methoxy groups -OCH3 is 1. The molecule has 3 rings (SSSR count). The lowest BCUT2D eigenvalue weighted by molar-refractivity contribution is 0.0538. The first-order valence-corrected chi connectivity index (χ1v) is 9.32. The summed E-state index contributed by atoms with van der Waals surface area (Å²) in [5.74, 6) is -0.111. The van der Waals surface area contributed by atoms with E-state index >= 15 is 0 Å². The van der Waals surface area contributed by atoms with Crippen LogP contribution in [0.1, 0.15) is 26.3 Å². The molecule has 0 N–H and O–H groups in total. The van der Waals surface area contributed by atoms with Gasteiger partial charge in [-0.3, -0.25) is 4.79 Å². The van der Waals surface area contributed by atoms with Gasteiger partial charge in [-0.15, -0.1) is 0 Å². The van der Waals surface area contributed by atoms with Crippen LogP contribution in [-0.2, 0) is 4.74 Å². The van der Waals surface area contributed by atoms with Crippen molar-refractivity contribution in [3.05, 3.63) is 106 Å². The topological polar surface area (TPSA) is 52.6 Å². The summed E-state index contributed by atoms with van der Waals surface area (Å²) in [7, 11) is 1.56. The van der Waals surface area contributed by atoms with Crippen LogP contribution in [0.4, 0.5) is 0 Å². The molecule has 0 aliphatic heterocycles. The molecule has 0 amide bonds. The second kappa shape index (κ2) is 9.71. The Morgan fingerprint density at radius 2 is 1.52 bits per heavy atom. The van der Waals surface area contributed by atoms with Gasteiger partial charge in [0.2, 0.25) is 0 Å². The number of carbonyl (C=O) groups excluding carboxylic acids is 2. The van der Waals surface area contributed by atoms with E-state index in [1.165, 1.54) is 0 Å². The highest BCUT2D eigenvalue weighted by Gasteiger charge is 2.16. The standard InChI is InChI=1S/C24H19ClO4/c1-28-21-13-11-17(12-14-21)23(26)20(15-19-9-5-6-10-22(19)25)16-29-24(27)18-7-3-2-4-8-18/h2-15H,16H2,1H3/b20-15+. The Morgan fingerprint density at radius 3 is 2.17 bits per heavy atom. The van der Waals surface area contributed by atoms with Crippen molar-refractivity contribution < 1.29 is 19.1 Å². The minimum absolute atomic E-state index is 0.177. The highest BCUT2D eigenvalue weighted by Crippen LogP contribution is 2.21. The number of esters is 1. The summed E-state index contributed by atoms with van der Waals surface area (Å²) in [4.78, 5) is 25.4. The zero-order valence-electron chi connectivity index (χ0n) is 15.8. The molecule has 0 aliphatic rings. The lowest BCUT2D eigenvalue weighted by Crippen LogP contribution is -2.14. The van der Waals surface area contributed by atoms with Crippen molar-refractivity contribution in [2.45, 2.75) is 0 Å². The van der Waals surface area contributed by atoms with Crippen molar-refractivity contribution in [2.75, 3.05) is 13.7 Å². The van der Waals surface area contributed by atoms with Crippen molar-refractivity contribution in [1.82, 2.24) is 0 Å². The van der Waals surface area contributed by atoms with Crippen LogP contribution in [0.15, 0.2) is 84.4 Å². The smallest absolute Gasteiger partial charge is 0.338 e. The third-order valence-electron chi connectivity index (χ3n) is 4.25. The molecule has 0 saturated carbocycles. The molecule has 0 fully saturated rings. The molecule has 4 nitrogen and oxygen atoms in total. The molecule has 0 heterocycles. The Morgan fingerprint density at radius 1 is 0.862 bits per heavy atom. The number of ketones is 1. The predicted octanol–water partition coefficient (Wildman–Crippen LogP) is 5.47. The molecule has 0 radical (unpaired) electrons. The van der Waals surface area contributed by atoms with Crippen LogP contribution in [0.25, 0.3) is 6.08 Å². The Labute approximate surface area is 174 Å². The van der Waals surface area contributed by atoms with Crippen molar-refractivity contribution in [1.29, 1.82) is 0 Å². The summed E-state index contributed by atoms with van der Waals surface area (Å²) in [5, 5.41) is 0.502. The number of hydrogen-bond acceptors (Lipinski definition) is 4. The number of Topliss-reactive ketones (excluding diaryl/α,β-unsaturated/α-hetero) is 1. The first-order chi connectivity index (χ1) is 14.1. The number of hydrogen-bond donors (Lipinski definition) is 0. The molecule has 29 heavy (non-hydrogen) atoms. The summed E-state index contributed by atoms with van der Waals surface area (Å²) in [6.07, 6.45) is 1.65. The van der Waals surface area contributed by atoms with E-state index in [0.29, 0.717) is 33.0 Å². The van der Waals surface area contributed by atoms with Crippen molar-refractivity contribution in [3.63, 3.8) is 0 Å². The molecule has 5 heteroatoms. The Balaban J connectivity index is 1.87. The maximum absolute atomic E-state index is 13.1. The maximum atomic E-state index is 13.1. The van der Waals surface area contributed by atoms with Gasteiger partial charge in [-0.2, -0.15) is 0 Å². The van der Waals surface area contributed by atoms with Crippen molar-refractivity contribution >= 4 is 29.4 Å². The van der Waals surface area contributed by atoms with Gasteiger partial charge < -0.3 is 9.47 Å². The van der Waals surface area contributed by atoms with Crippen LogP contribution in [0, 0.1) is 0 Å². The van der Waals surface area contributed by atoms with Gasteiger partial charge in [0, 0.05) is 16.2 Å². The Hall–Kier alpha value is -3.37. The third-order valence-corrected chi connectivity index (χ3v) is 4.59. The van der Waals surface area contributed by atoms with Crippen LogP contribution in [0.2, 0.25) is 5.02 Å². The monoisotopic (exact) mass is 406 g/mol. The maximum Gasteiger partial charge on any atom is 0.338 e. The van der Waals surface area contributed by atoms with Gasteiger partial charge in [0.15, 0.2) is 5.78 Å². The van der Waals surface area contributed by atoms with Crippen LogP contribution in [-0.4, -0.2) is 25.5 Å². The van der Waals surface area contributed by atoms with E-state index in [-0.39, 0.29) is 12.4 Å². The minimum atomic E-state index is -0.502. The first kappa shape index (κ1) is 20.4. The van der Waals surface area contributed by atoms with E-state index in [0.717, 1.165) is 0 Å².